The number of pyridine rings is 1. The SMILES string of the molecule is Cc1[c-]ccc(-c2nc(-c3[c-]nccc3)no2)c1.[Rf].[Rh]. The first-order chi connectivity index (χ1) is 8.83. The molecule has 0 aliphatic heterocycles. The normalized spacial score (nSPS) is 9.45. The molecule has 0 saturated carbocycles. The van der Waals surface area contributed by atoms with Gasteiger partial charge in [0, 0.05) is 19.5 Å². The fourth-order valence-corrected chi connectivity index (χ4v) is 1.62. The zero-order valence-electron chi connectivity index (χ0n) is 10.8. The van der Waals surface area contributed by atoms with Crippen LogP contribution < -0.4 is 0 Å². The molecule has 1 aromatic carbocycles. The molecule has 1 radical (unpaired) electrons. The molecule has 0 amide bonds. The van der Waals surface area contributed by atoms with Crippen molar-refractivity contribution < 1.29 is 24.0 Å². The van der Waals surface area contributed by atoms with Crippen LogP contribution in [0.1, 0.15) is 5.56 Å². The molecule has 3 rings (SSSR count). The zero-order valence-corrected chi connectivity index (χ0v) is 18.8. The second kappa shape index (κ2) is 6.34. The van der Waals surface area contributed by atoms with E-state index in [1.165, 1.54) is 0 Å². The van der Waals surface area contributed by atoms with Crippen molar-refractivity contribution in [1.29, 1.82) is 0 Å². The Labute approximate surface area is 123 Å². The van der Waals surface area contributed by atoms with E-state index >= 15 is 0 Å². The van der Waals surface area contributed by atoms with Gasteiger partial charge in [0.1, 0.15) is 5.82 Å². The fourth-order valence-electron chi connectivity index (χ4n) is 1.62. The van der Waals surface area contributed by atoms with E-state index in [0.717, 1.165) is 11.1 Å². The summed E-state index contributed by atoms with van der Waals surface area (Å²) in [4.78, 5) is 8.23. The van der Waals surface area contributed by atoms with Gasteiger partial charge in [0.2, 0.25) is 5.89 Å². The van der Waals surface area contributed by atoms with Crippen LogP contribution in [0.15, 0.2) is 41.1 Å². The molecular formula is C14H9N3ORfRh-2. The number of benzene rings is 1. The zero-order chi connectivity index (χ0) is 12.4. The second-order valence-electron chi connectivity index (χ2n) is 3.85. The van der Waals surface area contributed by atoms with E-state index in [1.807, 2.05) is 37.3 Å². The van der Waals surface area contributed by atoms with Gasteiger partial charge in [0.05, 0.1) is 0 Å². The van der Waals surface area contributed by atoms with Crippen molar-refractivity contribution >= 4 is 0 Å². The molecule has 2 heterocycles. The van der Waals surface area contributed by atoms with Crippen LogP contribution in [-0.4, -0.2) is 15.1 Å². The summed E-state index contributed by atoms with van der Waals surface area (Å²) in [7, 11) is 0. The fraction of sp³-hybridized carbons (Fsp3) is 0.0714. The molecule has 4 nitrogen and oxygen atoms in total. The maximum Gasteiger partial charge on any atom is 0.223 e. The van der Waals surface area contributed by atoms with E-state index in [0.29, 0.717) is 17.3 Å². The molecule has 0 atom stereocenters. The molecule has 6 heteroatoms. The van der Waals surface area contributed by atoms with E-state index in [4.69, 9.17) is 4.52 Å². The standard InChI is InChI=1S/C14H9N3O.Rf.Rh/c1-10-4-2-5-11(8-10)14-16-13(17-18-14)12-6-3-7-15-9-12;;/h2-3,5-8H,1H3;;/q-2;;. The van der Waals surface area contributed by atoms with Crippen LogP contribution in [-0.2, 0) is 19.5 Å². The van der Waals surface area contributed by atoms with Gasteiger partial charge in [-0.25, -0.2) is 4.98 Å². The molecule has 3 aromatic rings. The third kappa shape index (κ3) is 2.93. The third-order valence-corrected chi connectivity index (χ3v) is 2.47. The van der Waals surface area contributed by atoms with Crippen LogP contribution in [0, 0.1) is 19.2 Å². The molecule has 99 valence electrons. The summed E-state index contributed by atoms with van der Waals surface area (Å²) in [6, 6.07) is 12.4. The molecule has 0 spiro atoms. The van der Waals surface area contributed by atoms with Crippen LogP contribution in [0.25, 0.3) is 22.8 Å². The number of rotatable bonds is 2. The molecular weight excluding hydrogens is 596 g/mol. The predicted octanol–water partition coefficient (Wildman–Crippen LogP) is 2.70. The van der Waals surface area contributed by atoms with E-state index in [1.54, 1.807) is 6.20 Å². The predicted molar refractivity (Wildman–Crippen MR) is 65.4 cm³/mol. The Morgan fingerprint density at radius 1 is 1.25 bits per heavy atom. The Balaban J connectivity index is 0.000001000. The van der Waals surface area contributed by atoms with Crippen molar-refractivity contribution in [2.45, 2.75) is 6.92 Å². The Kier molecular flexibility index (Phi) is 4.82. The number of hydrogen-bond donors (Lipinski definition) is 0. The van der Waals surface area contributed by atoms with Gasteiger partial charge in [0.15, 0.2) is 0 Å². The Bertz CT molecular complexity index is 673. The van der Waals surface area contributed by atoms with Gasteiger partial charge < -0.3 is 9.51 Å². The Morgan fingerprint density at radius 2 is 2.10 bits per heavy atom. The van der Waals surface area contributed by atoms with Crippen molar-refractivity contribution in [1.82, 2.24) is 15.1 Å². The average Bonchev–Trinajstić information content (AvgIpc) is 2.89. The van der Waals surface area contributed by atoms with Gasteiger partial charge >= 0.3 is 0 Å². The number of aromatic nitrogens is 3. The first-order valence-corrected chi connectivity index (χ1v) is 5.48. The van der Waals surface area contributed by atoms with Crippen LogP contribution >= 0.6 is 0 Å². The molecule has 0 bridgehead atoms. The topological polar surface area (TPSA) is 51.8 Å². The first kappa shape index (κ1) is 15.2. The van der Waals surface area contributed by atoms with Crippen molar-refractivity contribution in [3.8, 4) is 22.8 Å². The maximum atomic E-state index is 5.24. The number of nitrogens with zero attached hydrogens (tertiary/aromatic N) is 3. The molecule has 0 N–H and O–H groups in total. The van der Waals surface area contributed by atoms with Crippen LogP contribution in [0.5, 0.6) is 0 Å². The summed E-state index contributed by atoms with van der Waals surface area (Å²) < 4.78 is 5.24. The molecule has 0 fully saturated rings. The number of hydrogen-bond acceptors (Lipinski definition) is 4. The van der Waals surface area contributed by atoms with Gasteiger partial charge in [-0.05, 0) is 6.20 Å². The van der Waals surface area contributed by atoms with Crippen LogP contribution in [0.3, 0.4) is 0 Å². The minimum absolute atomic E-state index is 0. The summed E-state index contributed by atoms with van der Waals surface area (Å²) in [6.07, 6.45) is 4.47. The maximum absolute atomic E-state index is 5.24. The van der Waals surface area contributed by atoms with Gasteiger partial charge in [-0.1, -0.05) is 24.2 Å². The largest absolute Gasteiger partial charge is 0.360 e. The Morgan fingerprint density at radius 3 is 2.80 bits per heavy atom. The van der Waals surface area contributed by atoms with Crippen molar-refractivity contribution in [2.24, 2.45) is 0 Å². The quantitative estimate of drug-likeness (QED) is 0.334. The average molecular weight is 605 g/mol. The Hall–Kier alpha value is -2.87. The van der Waals surface area contributed by atoms with E-state index < -0.39 is 0 Å². The summed E-state index contributed by atoms with van der Waals surface area (Å²) >= 11 is 0. The molecule has 0 unspecified atom stereocenters. The summed E-state index contributed by atoms with van der Waals surface area (Å²) in [5.74, 6) is 0.975. The monoisotopic (exact) mass is 605 g/mol. The van der Waals surface area contributed by atoms with Crippen molar-refractivity contribution in [3.63, 3.8) is 0 Å². The summed E-state index contributed by atoms with van der Waals surface area (Å²) in [6.45, 7) is 1.97. The third-order valence-electron chi connectivity index (χ3n) is 2.47. The summed E-state index contributed by atoms with van der Waals surface area (Å²) in [5, 5.41) is 3.92. The van der Waals surface area contributed by atoms with Crippen molar-refractivity contribution in [3.05, 3.63) is 54.4 Å². The van der Waals surface area contributed by atoms with Gasteiger partial charge in [-0.3, -0.25) is 0 Å². The van der Waals surface area contributed by atoms with Crippen LogP contribution in [0.4, 0.5) is 0 Å². The molecule has 2 aromatic heterocycles. The minimum Gasteiger partial charge on any atom is -0.360 e. The van der Waals surface area contributed by atoms with E-state index in [-0.39, 0.29) is 19.5 Å². The van der Waals surface area contributed by atoms with E-state index in [2.05, 4.69) is 27.4 Å². The molecule has 0 saturated heterocycles. The number of aryl methyl sites for hydroxylation is 1. The first-order valence-electron chi connectivity index (χ1n) is 5.48. The van der Waals surface area contributed by atoms with Crippen LogP contribution in [0.2, 0.25) is 0 Å². The van der Waals surface area contributed by atoms with Gasteiger partial charge in [-0.2, -0.15) is 29.8 Å². The minimum atomic E-state index is 0. The smallest absolute Gasteiger partial charge is 0.223 e. The summed E-state index contributed by atoms with van der Waals surface area (Å²) in [5.41, 5.74) is 2.63. The van der Waals surface area contributed by atoms with E-state index in [9.17, 15) is 0 Å². The molecule has 0 aliphatic rings. The molecule has 20 heavy (non-hydrogen) atoms. The van der Waals surface area contributed by atoms with Crippen molar-refractivity contribution in [2.75, 3.05) is 0 Å². The second-order valence-corrected chi connectivity index (χ2v) is 3.85. The van der Waals surface area contributed by atoms with Gasteiger partial charge in [0.25, 0.3) is 0 Å². The van der Waals surface area contributed by atoms with Gasteiger partial charge in [-0.15, -0.1) is 17.3 Å². The molecule has 0 aliphatic carbocycles.